The van der Waals surface area contributed by atoms with Gasteiger partial charge >= 0.3 is 6.03 Å². The maximum atomic E-state index is 13.3. The smallest absolute Gasteiger partial charge is 0.325 e. The zero-order valence-electron chi connectivity index (χ0n) is 14.7. The van der Waals surface area contributed by atoms with E-state index in [0.29, 0.717) is 6.54 Å². The summed E-state index contributed by atoms with van der Waals surface area (Å²) in [6, 6.07) is 6.67. The fraction of sp³-hybridized carbons (Fsp3) is 0.278. The number of thiophene rings is 1. The first-order valence-corrected chi connectivity index (χ1v) is 9.34. The number of imide groups is 1. The van der Waals surface area contributed by atoms with E-state index in [2.05, 4.69) is 5.32 Å². The van der Waals surface area contributed by atoms with Gasteiger partial charge in [0, 0.05) is 22.5 Å². The van der Waals surface area contributed by atoms with Crippen LogP contribution in [0.2, 0.25) is 5.02 Å². The van der Waals surface area contributed by atoms with Crippen molar-refractivity contribution in [2.45, 2.75) is 19.0 Å². The van der Waals surface area contributed by atoms with E-state index in [1.165, 1.54) is 29.2 Å². The molecular formula is C18H17ClFN3O3S. The summed E-state index contributed by atoms with van der Waals surface area (Å²) in [4.78, 5) is 41.0. The van der Waals surface area contributed by atoms with Crippen LogP contribution in [0.4, 0.5) is 9.18 Å². The molecule has 3 rings (SSSR count). The highest BCUT2D eigenvalue weighted by atomic mass is 35.5. The van der Waals surface area contributed by atoms with E-state index < -0.39 is 23.3 Å². The minimum Gasteiger partial charge on any atom is -0.339 e. The Bertz CT molecular complexity index is 905. The number of nitrogens with one attached hydrogen (secondary N) is 1. The number of nitrogens with zero attached hydrogens (tertiary/aromatic N) is 2. The third kappa shape index (κ3) is 3.68. The second-order valence-corrected chi connectivity index (χ2v) is 7.84. The molecule has 6 nitrogen and oxygen atoms in total. The van der Waals surface area contributed by atoms with E-state index in [0.717, 1.165) is 21.9 Å². The lowest BCUT2D eigenvalue weighted by Gasteiger charge is -2.24. The average molecular weight is 410 g/mol. The molecule has 1 aromatic carbocycles. The van der Waals surface area contributed by atoms with Crippen LogP contribution >= 0.6 is 22.9 Å². The van der Waals surface area contributed by atoms with Gasteiger partial charge in [-0.2, -0.15) is 0 Å². The molecule has 0 saturated carbocycles. The Morgan fingerprint density at radius 1 is 1.37 bits per heavy atom. The van der Waals surface area contributed by atoms with Crippen molar-refractivity contribution in [3.05, 3.63) is 57.0 Å². The number of likely N-dealkylation sites (N-methyl/N-ethyl adjacent to an activating group) is 1. The van der Waals surface area contributed by atoms with Gasteiger partial charge in [0.05, 0.1) is 6.54 Å². The average Bonchev–Trinajstić information content (AvgIpc) is 3.17. The maximum Gasteiger partial charge on any atom is 0.325 e. The number of amides is 4. The number of halogens is 2. The van der Waals surface area contributed by atoms with Gasteiger partial charge in [0.2, 0.25) is 5.91 Å². The van der Waals surface area contributed by atoms with Crippen LogP contribution < -0.4 is 5.32 Å². The zero-order chi connectivity index (χ0) is 19.8. The first-order valence-electron chi connectivity index (χ1n) is 8.08. The molecule has 2 heterocycles. The first-order chi connectivity index (χ1) is 12.7. The van der Waals surface area contributed by atoms with Gasteiger partial charge in [-0.1, -0.05) is 23.7 Å². The molecule has 1 aromatic heterocycles. The molecule has 0 aliphatic carbocycles. The van der Waals surface area contributed by atoms with Crippen molar-refractivity contribution in [1.82, 2.24) is 15.1 Å². The monoisotopic (exact) mass is 409 g/mol. The molecule has 9 heteroatoms. The quantitative estimate of drug-likeness (QED) is 0.772. The number of rotatable bonds is 5. The Kier molecular flexibility index (Phi) is 5.21. The molecule has 142 valence electrons. The van der Waals surface area contributed by atoms with Crippen LogP contribution in [0.5, 0.6) is 0 Å². The number of hydrogen-bond donors (Lipinski definition) is 1. The van der Waals surface area contributed by atoms with Crippen LogP contribution in [0.1, 0.15) is 17.4 Å². The van der Waals surface area contributed by atoms with E-state index in [4.69, 9.17) is 11.6 Å². The predicted octanol–water partition coefficient (Wildman–Crippen LogP) is 2.97. The van der Waals surface area contributed by atoms with Crippen LogP contribution in [-0.4, -0.2) is 41.2 Å². The molecule has 1 N–H and O–H groups in total. The molecule has 1 unspecified atom stereocenters. The highest BCUT2D eigenvalue weighted by molar-refractivity contribution is 7.09. The lowest BCUT2D eigenvalue weighted by molar-refractivity contribution is -0.138. The van der Waals surface area contributed by atoms with Gasteiger partial charge in [-0.05, 0) is 30.5 Å². The normalized spacial score (nSPS) is 19.3. The van der Waals surface area contributed by atoms with Crippen molar-refractivity contribution >= 4 is 40.8 Å². The van der Waals surface area contributed by atoms with Crippen LogP contribution in [0, 0.1) is 5.82 Å². The Morgan fingerprint density at radius 3 is 2.74 bits per heavy atom. The number of hydrogen-bond acceptors (Lipinski definition) is 4. The van der Waals surface area contributed by atoms with Crippen molar-refractivity contribution in [2.24, 2.45) is 0 Å². The van der Waals surface area contributed by atoms with Crippen LogP contribution in [0.25, 0.3) is 0 Å². The van der Waals surface area contributed by atoms with Gasteiger partial charge in [-0.3, -0.25) is 14.5 Å². The summed E-state index contributed by atoms with van der Waals surface area (Å²) in [6.45, 7) is 1.48. The SMILES string of the molecule is CN(Cc1cccs1)C(=O)CN1C(=O)NC(C)(c2ccc(F)cc2Cl)C1=O. The second-order valence-electron chi connectivity index (χ2n) is 6.40. The van der Waals surface area contributed by atoms with Gasteiger partial charge in [-0.25, -0.2) is 9.18 Å². The predicted molar refractivity (Wildman–Crippen MR) is 99.8 cm³/mol. The topological polar surface area (TPSA) is 69.7 Å². The van der Waals surface area contributed by atoms with Gasteiger partial charge in [-0.15, -0.1) is 11.3 Å². The largest absolute Gasteiger partial charge is 0.339 e. The fourth-order valence-electron chi connectivity index (χ4n) is 2.90. The molecule has 1 atom stereocenters. The standard InChI is InChI=1S/C18H17ClFN3O3S/c1-18(13-6-5-11(20)8-14(13)19)16(25)23(17(26)21-18)10-15(24)22(2)9-12-4-3-7-27-12/h3-8H,9-10H2,1-2H3,(H,21,26). The highest BCUT2D eigenvalue weighted by Gasteiger charge is 2.50. The Hall–Kier alpha value is -2.45. The van der Waals surface area contributed by atoms with Gasteiger partial charge in [0.1, 0.15) is 17.9 Å². The summed E-state index contributed by atoms with van der Waals surface area (Å²) in [5, 5.41) is 4.49. The molecule has 27 heavy (non-hydrogen) atoms. The van der Waals surface area contributed by atoms with E-state index in [9.17, 15) is 18.8 Å². The number of urea groups is 1. The van der Waals surface area contributed by atoms with Crippen molar-refractivity contribution in [1.29, 1.82) is 0 Å². The first kappa shape index (κ1) is 19.3. The molecule has 0 spiro atoms. The van der Waals surface area contributed by atoms with E-state index in [-0.39, 0.29) is 23.0 Å². The second kappa shape index (κ2) is 7.28. The summed E-state index contributed by atoms with van der Waals surface area (Å²) in [7, 11) is 1.61. The lowest BCUT2D eigenvalue weighted by atomic mass is 9.92. The maximum absolute atomic E-state index is 13.3. The van der Waals surface area contributed by atoms with Crippen LogP contribution in [0.15, 0.2) is 35.7 Å². The summed E-state index contributed by atoms with van der Waals surface area (Å²) in [5.74, 6) is -1.54. The summed E-state index contributed by atoms with van der Waals surface area (Å²) in [6.07, 6.45) is 0. The summed E-state index contributed by atoms with van der Waals surface area (Å²) in [5.41, 5.74) is -1.19. The lowest BCUT2D eigenvalue weighted by Crippen LogP contribution is -2.43. The molecule has 4 amide bonds. The van der Waals surface area contributed by atoms with E-state index in [1.54, 1.807) is 7.05 Å². The number of benzene rings is 1. The summed E-state index contributed by atoms with van der Waals surface area (Å²) >= 11 is 7.57. The molecule has 1 aliphatic heterocycles. The highest BCUT2D eigenvalue weighted by Crippen LogP contribution is 2.34. The Balaban J connectivity index is 1.76. The van der Waals surface area contributed by atoms with Crippen molar-refractivity contribution in [3.63, 3.8) is 0 Å². The molecule has 0 bridgehead atoms. The molecular weight excluding hydrogens is 393 g/mol. The molecule has 1 fully saturated rings. The number of carbonyl (C=O) groups excluding carboxylic acids is 3. The van der Waals surface area contributed by atoms with E-state index in [1.807, 2.05) is 17.5 Å². The van der Waals surface area contributed by atoms with Gasteiger partial charge in [0.25, 0.3) is 5.91 Å². The van der Waals surface area contributed by atoms with Crippen molar-refractivity contribution in [2.75, 3.05) is 13.6 Å². The molecule has 1 aliphatic rings. The minimum atomic E-state index is -1.46. The molecule has 0 radical (unpaired) electrons. The van der Waals surface area contributed by atoms with Gasteiger partial charge in [0.15, 0.2) is 0 Å². The minimum absolute atomic E-state index is 0.0224. The Morgan fingerprint density at radius 2 is 2.11 bits per heavy atom. The van der Waals surface area contributed by atoms with Crippen molar-refractivity contribution < 1.29 is 18.8 Å². The van der Waals surface area contributed by atoms with E-state index >= 15 is 0 Å². The summed E-state index contributed by atoms with van der Waals surface area (Å²) < 4.78 is 13.3. The molecule has 2 aromatic rings. The van der Waals surface area contributed by atoms with Crippen LogP contribution in [-0.2, 0) is 21.7 Å². The van der Waals surface area contributed by atoms with Gasteiger partial charge < -0.3 is 10.2 Å². The molecule has 1 saturated heterocycles. The number of carbonyl (C=O) groups is 3. The van der Waals surface area contributed by atoms with Crippen LogP contribution in [0.3, 0.4) is 0 Å². The fourth-order valence-corrected chi connectivity index (χ4v) is 4.01. The van der Waals surface area contributed by atoms with Crippen molar-refractivity contribution in [3.8, 4) is 0 Å². The third-order valence-corrected chi connectivity index (χ3v) is 5.61. The zero-order valence-corrected chi connectivity index (χ0v) is 16.2. The third-order valence-electron chi connectivity index (χ3n) is 4.44. The Labute approximate surface area is 164 Å².